The first-order valence-electron chi connectivity index (χ1n) is 5.11. The molecule has 0 spiro atoms. The van der Waals surface area contributed by atoms with Crippen LogP contribution in [0.15, 0.2) is 18.2 Å². The predicted octanol–water partition coefficient (Wildman–Crippen LogP) is 1.42. The van der Waals surface area contributed by atoms with Gasteiger partial charge in [-0.25, -0.2) is 0 Å². The zero-order chi connectivity index (χ0) is 11.3. The summed E-state index contributed by atoms with van der Waals surface area (Å²) in [6.07, 6.45) is 0.594. The summed E-state index contributed by atoms with van der Waals surface area (Å²) >= 11 is 0. The molecule has 0 radical (unpaired) electrons. The number of hydrogen-bond donors (Lipinski definition) is 2. The van der Waals surface area contributed by atoms with E-state index in [-0.39, 0.29) is 12.5 Å². The third-order valence-corrected chi connectivity index (χ3v) is 2.10. The Morgan fingerprint density at radius 3 is 2.40 bits per heavy atom. The van der Waals surface area contributed by atoms with Crippen LogP contribution in [0.1, 0.15) is 27.9 Å². The maximum absolute atomic E-state index is 11.6. The van der Waals surface area contributed by atoms with Crippen molar-refractivity contribution in [2.24, 2.45) is 0 Å². The number of aliphatic hydroxyl groups excluding tert-OH is 1. The molecule has 82 valence electrons. The van der Waals surface area contributed by atoms with Crippen molar-refractivity contribution in [3.05, 3.63) is 34.9 Å². The van der Waals surface area contributed by atoms with E-state index in [4.69, 9.17) is 5.11 Å². The van der Waals surface area contributed by atoms with Gasteiger partial charge in [-0.2, -0.15) is 0 Å². The number of benzene rings is 1. The van der Waals surface area contributed by atoms with Crippen LogP contribution in [0, 0.1) is 13.8 Å². The number of rotatable bonds is 4. The molecule has 2 N–H and O–H groups in total. The Morgan fingerprint density at radius 1 is 1.27 bits per heavy atom. The van der Waals surface area contributed by atoms with Crippen LogP contribution in [0.25, 0.3) is 0 Å². The van der Waals surface area contributed by atoms with E-state index in [9.17, 15) is 4.79 Å². The van der Waals surface area contributed by atoms with Crippen LogP contribution >= 0.6 is 0 Å². The average Bonchev–Trinajstić information content (AvgIpc) is 2.16. The highest BCUT2D eigenvalue weighted by atomic mass is 16.3. The number of nitrogens with one attached hydrogen (secondary N) is 1. The van der Waals surface area contributed by atoms with Gasteiger partial charge in [-0.15, -0.1) is 0 Å². The molecule has 0 aliphatic carbocycles. The Labute approximate surface area is 90.1 Å². The molecule has 1 aromatic rings. The number of amides is 1. The fourth-order valence-electron chi connectivity index (χ4n) is 1.49. The Bertz CT molecular complexity index is 327. The Morgan fingerprint density at radius 2 is 1.87 bits per heavy atom. The molecule has 3 nitrogen and oxygen atoms in total. The highest BCUT2D eigenvalue weighted by molar-refractivity contribution is 5.94. The van der Waals surface area contributed by atoms with E-state index in [2.05, 4.69) is 5.32 Å². The molecule has 0 aromatic heterocycles. The van der Waals surface area contributed by atoms with Gasteiger partial charge >= 0.3 is 0 Å². The van der Waals surface area contributed by atoms with Gasteiger partial charge in [0.15, 0.2) is 0 Å². The van der Waals surface area contributed by atoms with Gasteiger partial charge < -0.3 is 10.4 Å². The molecule has 0 aliphatic rings. The molecule has 0 fully saturated rings. The lowest BCUT2D eigenvalue weighted by Gasteiger charge is -2.06. The minimum atomic E-state index is -0.0738. The van der Waals surface area contributed by atoms with E-state index >= 15 is 0 Å². The maximum Gasteiger partial charge on any atom is 0.251 e. The van der Waals surface area contributed by atoms with Gasteiger partial charge in [0.1, 0.15) is 0 Å². The van der Waals surface area contributed by atoms with Crippen LogP contribution in [0.2, 0.25) is 0 Å². The minimum absolute atomic E-state index is 0.0738. The quantitative estimate of drug-likeness (QED) is 0.733. The molecule has 0 unspecified atom stereocenters. The van der Waals surface area contributed by atoms with Gasteiger partial charge in [0.25, 0.3) is 5.91 Å². The Hall–Kier alpha value is -1.35. The smallest absolute Gasteiger partial charge is 0.251 e. The van der Waals surface area contributed by atoms with Crippen LogP contribution in [-0.2, 0) is 0 Å². The number of hydrogen-bond acceptors (Lipinski definition) is 2. The number of aliphatic hydroxyl groups is 1. The summed E-state index contributed by atoms with van der Waals surface area (Å²) in [5, 5.41) is 11.3. The van der Waals surface area contributed by atoms with E-state index in [0.29, 0.717) is 18.5 Å². The lowest BCUT2D eigenvalue weighted by molar-refractivity contribution is 0.0951. The molecular weight excluding hydrogens is 190 g/mol. The fourth-order valence-corrected chi connectivity index (χ4v) is 1.49. The Balaban J connectivity index is 2.65. The molecule has 1 rings (SSSR count). The van der Waals surface area contributed by atoms with Crippen LogP contribution in [0.5, 0.6) is 0 Å². The molecule has 0 saturated heterocycles. The normalized spacial score (nSPS) is 10.1. The Kier molecular flexibility index (Phi) is 4.31. The van der Waals surface area contributed by atoms with Crippen molar-refractivity contribution in [2.75, 3.05) is 13.2 Å². The minimum Gasteiger partial charge on any atom is -0.396 e. The van der Waals surface area contributed by atoms with E-state index in [1.807, 2.05) is 32.0 Å². The third-order valence-electron chi connectivity index (χ3n) is 2.10. The summed E-state index contributed by atoms with van der Waals surface area (Å²) in [4.78, 5) is 11.6. The first-order valence-corrected chi connectivity index (χ1v) is 5.11. The summed E-state index contributed by atoms with van der Waals surface area (Å²) in [7, 11) is 0. The van der Waals surface area contributed by atoms with Crippen molar-refractivity contribution in [3.8, 4) is 0 Å². The first kappa shape index (κ1) is 11.7. The summed E-state index contributed by atoms with van der Waals surface area (Å²) in [5.41, 5.74) is 2.86. The number of aryl methyl sites for hydroxylation is 2. The molecule has 3 heteroatoms. The van der Waals surface area contributed by atoms with Crippen LogP contribution in [0.4, 0.5) is 0 Å². The molecule has 1 aromatic carbocycles. The summed E-state index contributed by atoms with van der Waals surface area (Å²) < 4.78 is 0. The van der Waals surface area contributed by atoms with Crippen LogP contribution in [0.3, 0.4) is 0 Å². The molecule has 0 bridgehead atoms. The molecule has 1 amide bonds. The average molecular weight is 207 g/mol. The van der Waals surface area contributed by atoms with Gasteiger partial charge in [0.05, 0.1) is 0 Å². The monoisotopic (exact) mass is 207 g/mol. The van der Waals surface area contributed by atoms with Crippen LogP contribution < -0.4 is 5.32 Å². The van der Waals surface area contributed by atoms with Crippen LogP contribution in [-0.4, -0.2) is 24.2 Å². The summed E-state index contributed by atoms with van der Waals surface area (Å²) in [5.74, 6) is -0.0738. The second-order valence-electron chi connectivity index (χ2n) is 3.71. The number of carbonyl (C=O) groups is 1. The van der Waals surface area contributed by atoms with Gasteiger partial charge in [0, 0.05) is 18.7 Å². The predicted molar refractivity (Wildman–Crippen MR) is 60.0 cm³/mol. The van der Waals surface area contributed by atoms with E-state index < -0.39 is 0 Å². The zero-order valence-electron chi connectivity index (χ0n) is 9.21. The summed E-state index contributed by atoms with van der Waals surface area (Å²) in [6, 6.07) is 5.76. The van der Waals surface area contributed by atoms with Crippen molar-refractivity contribution in [1.29, 1.82) is 0 Å². The molecule has 15 heavy (non-hydrogen) atoms. The van der Waals surface area contributed by atoms with Crippen molar-refractivity contribution in [2.45, 2.75) is 20.3 Å². The van der Waals surface area contributed by atoms with Gasteiger partial charge in [-0.1, -0.05) is 17.2 Å². The second-order valence-corrected chi connectivity index (χ2v) is 3.71. The molecule has 0 heterocycles. The van der Waals surface area contributed by atoms with E-state index in [1.54, 1.807) is 0 Å². The highest BCUT2D eigenvalue weighted by Crippen LogP contribution is 2.08. The largest absolute Gasteiger partial charge is 0.396 e. The highest BCUT2D eigenvalue weighted by Gasteiger charge is 2.05. The van der Waals surface area contributed by atoms with Crippen molar-refractivity contribution in [1.82, 2.24) is 5.32 Å². The number of carbonyl (C=O) groups excluding carboxylic acids is 1. The fraction of sp³-hybridized carbons (Fsp3) is 0.417. The van der Waals surface area contributed by atoms with Crippen molar-refractivity contribution in [3.63, 3.8) is 0 Å². The van der Waals surface area contributed by atoms with E-state index in [0.717, 1.165) is 11.1 Å². The van der Waals surface area contributed by atoms with Crippen molar-refractivity contribution < 1.29 is 9.90 Å². The second kappa shape index (κ2) is 5.51. The molecule has 0 aliphatic heterocycles. The van der Waals surface area contributed by atoms with E-state index in [1.165, 1.54) is 0 Å². The lowest BCUT2D eigenvalue weighted by Crippen LogP contribution is -2.25. The van der Waals surface area contributed by atoms with Crippen molar-refractivity contribution >= 4 is 5.91 Å². The first-order chi connectivity index (χ1) is 7.13. The lowest BCUT2D eigenvalue weighted by atomic mass is 10.1. The molecular formula is C12H17NO2. The van der Waals surface area contributed by atoms with Gasteiger partial charge in [-0.3, -0.25) is 4.79 Å². The van der Waals surface area contributed by atoms with Gasteiger partial charge in [0.2, 0.25) is 0 Å². The maximum atomic E-state index is 11.6. The molecule has 0 saturated carbocycles. The summed E-state index contributed by atoms with van der Waals surface area (Å²) in [6.45, 7) is 4.56. The molecule has 0 atom stereocenters. The standard InChI is InChI=1S/C12H17NO2/c1-9-6-10(2)8-11(7-9)12(15)13-4-3-5-14/h6-8,14H,3-5H2,1-2H3,(H,13,15). The van der Waals surface area contributed by atoms with Gasteiger partial charge in [-0.05, 0) is 32.4 Å². The SMILES string of the molecule is Cc1cc(C)cc(C(=O)NCCCO)c1. The topological polar surface area (TPSA) is 49.3 Å². The zero-order valence-corrected chi connectivity index (χ0v) is 9.21. The third kappa shape index (κ3) is 3.72.